The van der Waals surface area contributed by atoms with Gasteiger partial charge in [-0.15, -0.1) is 16.4 Å². The Labute approximate surface area is 160 Å². The number of sulfonamides is 1. The van der Waals surface area contributed by atoms with E-state index in [4.69, 9.17) is 23.2 Å². The Kier molecular flexibility index (Phi) is 5.16. The highest BCUT2D eigenvalue weighted by Gasteiger charge is 2.18. The minimum atomic E-state index is -3.71. The van der Waals surface area contributed by atoms with Gasteiger partial charge >= 0.3 is 0 Å². The highest BCUT2D eigenvalue weighted by atomic mass is 79.9. The molecular weight excluding hydrogens is 459 g/mol. The molecule has 0 bridgehead atoms. The lowest BCUT2D eigenvalue weighted by Crippen LogP contribution is -2.13. The SMILES string of the molecule is O=S(=O)(Nc1ncn(Cc2ccc(Cl)cc2Cl)n1)c1ccc(Br)s1. The molecule has 0 fully saturated rings. The zero-order valence-electron chi connectivity index (χ0n) is 11.8. The van der Waals surface area contributed by atoms with E-state index in [-0.39, 0.29) is 10.2 Å². The smallest absolute Gasteiger partial charge is 0.246 e. The van der Waals surface area contributed by atoms with Crippen molar-refractivity contribution in [2.45, 2.75) is 10.8 Å². The first-order valence-electron chi connectivity index (χ1n) is 6.45. The van der Waals surface area contributed by atoms with Crippen molar-refractivity contribution in [1.29, 1.82) is 0 Å². The van der Waals surface area contributed by atoms with Crippen LogP contribution in [0.3, 0.4) is 0 Å². The van der Waals surface area contributed by atoms with E-state index in [2.05, 4.69) is 30.7 Å². The molecule has 2 heterocycles. The summed E-state index contributed by atoms with van der Waals surface area (Å²) in [4.78, 5) is 3.96. The Morgan fingerprint density at radius 1 is 1.25 bits per heavy atom. The fourth-order valence-corrected chi connectivity index (χ4v) is 5.28. The molecule has 1 aromatic carbocycles. The van der Waals surface area contributed by atoms with Crippen LogP contribution < -0.4 is 4.72 Å². The molecule has 0 aliphatic rings. The molecule has 3 rings (SSSR count). The number of hydrogen-bond acceptors (Lipinski definition) is 5. The molecule has 0 aliphatic carbocycles. The molecule has 0 aliphatic heterocycles. The van der Waals surface area contributed by atoms with Crippen LogP contribution in [0.25, 0.3) is 0 Å². The second-order valence-electron chi connectivity index (χ2n) is 4.67. The molecule has 6 nitrogen and oxygen atoms in total. The van der Waals surface area contributed by atoms with Gasteiger partial charge in [0, 0.05) is 10.0 Å². The number of rotatable bonds is 5. The highest BCUT2D eigenvalue weighted by molar-refractivity contribution is 9.11. The molecule has 0 amide bonds. The Balaban J connectivity index is 1.76. The second kappa shape index (κ2) is 7.01. The fraction of sp³-hybridized carbons (Fsp3) is 0.0769. The molecule has 0 spiro atoms. The van der Waals surface area contributed by atoms with Gasteiger partial charge in [0.15, 0.2) is 0 Å². The van der Waals surface area contributed by atoms with Gasteiger partial charge in [0.25, 0.3) is 16.0 Å². The van der Waals surface area contributed by atoms with Crippen molar-refractivity contribution in [2.75, 3.05) is 4.72 Å². The minimum Gasteiger partial charge on any atom is -0.246 e. The maximum Gasteiger partial charge on any atom is 0.273 e. The molecule has 0 saturated carbocycles. The van der Waals surface area contributed by atoms with Crippen molar-refractivity contribution in [3.8, 4) is 0 Å². The lowest BCUT2D eigenvalue weighted by atomic mass is 10.2. The van der Waals surface area contributed by atoms with E-state index < -0.39 is 10.0 Å². The highest BCUT2D eigenvalue weighted by Crippen LogP contribution is 2.27. The molecule has 11 heteroatoms. The lowest BCUT2D eigenvalue weighted by molar-refractivity contribution is 0.602. The van der Waals surface area contributed by atoms with Crippen LogP contribution in [0.2, 0.25) is 10.0 Å². The van der Waals surface area contributed by atoms with Crippen molar-refractivity contribution in [2.24, 2.45) is 0 Å². The van der Waals surface area contributed by atoms with E-state index in [0.29, 0.717) is 16.6 Å². The van der Waals surface area contributed by atoms with Gasteiger partial charge in [-0.3, -0.25) is 0 Å². The second-order valence-corrected chi connectivity index (χ2v) is 9.88. The monoisotopic (exact) mass is 466 g/mol. The summed E-state index contributed by atoms with van der Waals surface area (Å²) in [5.74, 6) is -0.00962. The average molecular weight is 468 g/mol. The van der Waals surface area contributed by atoms with Crippen LogP contribution in [-0.4, -0.2) is 23.2 Å². The predicted octanol–water partition coefficient (Wildman–Crippen LogP) is 4.26. The van der Waals surface area contributed by atoms with Crippen molar-refractivity contribution in [1.82, 2.24) is 14.8 Å². The van der Waals surface area contributed by atoms with E-state index in [0.717, 1.165) is 20.7 Å². The Morgan fingerprint density at radius 3 is 2.71 bits per heavy atom. The lowest BCUT2D eigenvalue weighted by Gasteiger charge is -2.04. The quantitative estimate of drug-likeness (QED) is 0.608. The first-order valence-corrected chi connectivity index (χ1v) is 10.3. The maximum absolute atomic E-state index is 12.2. The Bertz CT molecular complexity index is 988. The van der Waals surface area contributed by atoms with Gasteiger partial charge in [-0.25, -0.2) is 17.8 Å². The Hall–Kier alpha value is -1.13. The van der Waals surface area contributed by atoms with Crippen molar-refractivity contribution in [3.63, 3.8) is 0 Å². The summed E-state index contributed by atoms with van der Waals surface area (Å²) in [6.45, 7) is 0.343. The Morgan fingerprint density at radius 2 is 2.04 bits per heavy atom. The van der Waals surface area contributed by atoms with E-state index in [1.54, 1.807) is 24.3 Å². The van der Waals surface area contributed by atoms with Gasteiger partial charge < -0.3 is 0 Å². The molecule has 126 valence electrons. The molecule has 2 aromatic heterocycles. The summed E-state index contributed by atoms with van der Waals surface area (Å²) in [6.07, 6.45) is 1.42. The molecule has 0 saturated heterocycles. The number of aromatic nitrogens is 3. The maximum atomic E-state index is 12.2. The molecule has 1 N–H and O–H groups in total. The third-order valence-electron chi connectivity index (χ3n) is 2.92. The van der Waals surface area contributed by atoms with Crippen molar-refractivity contribution in [3.05, 3.63) is 56.1 Å². The largest absolute Gasteiger partial charge is 0.273 e. The summed E-state index contributed by atoms with van der Waals surface area (Å²) in [5.41, 5.74) is 0.794. The minimum absolute atomic E-state index is 0.00962. The van der Waals surface area contributed by atoms with Gasteiger partial charge in [0.2, 0.25) is 0 Å². The number of anilines is 1. The van der Waals surface area contributed by atoms with Crippen LogP contribution in [0.5, 0.6) is 0 Å². The van der Waals surface area contributed by atoms with E-state index in [9.17, 15) is 8.42 Å². The van der Waals surface area contributed by atoms with Crippen LogP contribution in [0.1, 0.15) is 5.56 Å². The number of nitrogens with one attached hydrogen (secondary N) is 1. The standard InChI is InChI=1S/C13H9BrCl2N4O2S2/c14-11-3-4-12(23-11)24(21,22)19-13-17-7-20(18-13)6-8-1-2-9(15)5-10(8)16/h1-5,7H,6H2,(H,18,19). The van der Waals surface area contributed by atoms with E-state index in [1.165, 1.54) is 17.1 Å². The van der Waals surface area contributed by atoms with Crippen LogP contribution in [0.4, 0.5) is 5.95 Å². The summed E-state index contributed by atoms with van der Waals surface area (Å²) >= 11 is 16.3. The molecule has 0 atom stereocenters. The first kappa shape index (κ1) is 17.7. The van der Waals surface area contributed by atoms with E-state index in [1.807, 2.05) is 0 Å². The van der Waals surface area contributed by atoms with Gasteiger partial charge in [0.05, 0.1) is 10.3 Å². The van der Waals surface area contributed by atoms with Crippen LogP contribution >= 0.6 is 50.5 Å². The molecule has 0 radical (unpaired) electrons. The fourth-order valence-electron chi connectivity index (χ4n) is 1.85. The number of nitrogens with zero attached hydrogens (tertiary/aromatic N) is 3. The average Bonchev–Trinajstić information content (AvgIpc) is 3.11. The molecule has 0 unspecified atom stereocenters. The van der Waals surface area contributed by atoms with Crippen LogP contribution in [0.15, 0.2) is 44.7 Å². The predicted molar refractivity (Wildman–Crippen MR) is 98.4 cm³/mol. The summed E-state index contributed by atoms with van der Waals surface area (Å²) < 4.78 is 29.2. The van der Waals surface area contributed by atoms with E-state index >= 15 is 0 Å². The van der Waals surface area contributed by atoms with Crippen LogP contribution in [-0.2, 0) is 16.6 Å². The van der Waals surface area contributed by atoms with Crippen molar-refractivity contribution < 1.29 is 8.42 Å². The van der Waals surface area contributed by atoms with Gasteiger partial charge in [0.1, 0.15) is 10.5 Å². The summed E-state index contributed by atoms with van der Waals surface area (Å²) in [7, 11) is -3.71. The van der Waals surface area contributed by atoms with Crippen LogP contribution in [0, 0.1) is 0 Å². The molecular formula is C13H9BrCl2N4O2S2. The topological polar surface area (TPSA) is 76.9 Å². The first-order chi connectivity index (χ1) is 11.3. The summed E-state index contributed by atoms with van der Waals surface area (Å²) in [6, 6.07) is 8.29. The number of benzene rings is 1. The molecule has 3 aromatic rings. The summed E-state index contributed by atoms with van der Waals surface area (Å²) in [5, 5.41) is 5.15. The third-order valence-corrected chi connectivity index (χ3v) is 6.95. The van der Waals surface area contributed by atoms with Gasteiger partial charge in [-0.05, 0) is 45.8 Å². The zero-order valence-corrected chi connectivity index (χ0v) is 16.5. The zero-order chi connectivity index (χ0) is 17.3. The van der Waals surface area contributed by atoms with Crippen molar-refractivity contribution >= 4 is 66.4 Å². The number of thiophene rings is 1. The molecule has 24 heavy (non-hydrogen) atoms. The van der Waals surface area contributed by atoms with Gasteiger partial charge in [-0.1, -0.05) is 29.3 Å². The number of hydrogen-bond donors (Lipinski definition) is 1. The normalized spacial score (nSPS) is 11.6. The van der Waals surface area contributed by atoms with Gasteiger partial charge in [-0.2, -0.15) is 4.98 Å². The number of halogens is 3. The third kappa shape index (κ3) is 4.09.